The molecule has 2 heterocycles. The number of ether oxygens (including phenoxy) is 2. The summed E-state index contributed by atoms with van der Waals surface area (Å²) in [5, 5.41) is 2.76. The van der Waals surface area contributed by atoms with E-state index in [4.69, 9.17) is 9.47 Å². The molecule has 7 nitrogen and oxygen atoms in total. The first-order valence-corrected chi connectivity index (χ1v) is 6.80. The maximum Gasteiger partial charge on any atom is 0.253 e. The average molecular weight is 301 g/mol. The van der Waals surface area contributed by atoms with Gasteiger partial charge in [0.15, 0.2) is 11.5 Å². The van der Waals surface area contributed by atoms with Crippen LogP contribution in [0.2, 0.25) is 0 Å². The molecule has 0 unspecified atom stereocenters. The third kappa shape index (κ3) is 3.08. The fourth-order valence-electron chi connectivity index (χ4n) is 2.10. The Kier molecular flexibility index (Phi) is 3.78. The zero-order chi connectivity index (χ0) is 15.5. The maximum atomic E-state index is 11.9. The Hall–Kier alpha value is -2.83. The minimum absolute atomic E-state index is 0.0589. The predicted molar refractivity (Wildman–Crippen MR) is 77.6 cm³/mol. The van der Waals surface area contributed by atoms with Crippen LogP contribution in [0.4, 0.5) is 0 Å². The monoisotopic (exact) mass is 301 g/mol. The van der Waals surface area contributed by atoms with Crippen molar-refractivity contribution in [3.63, 3.8) is 0 Å². The Labute approximate surface area is 126 Å². The lowest BCUT2D eigenvalue weighted by Gasteiger charge is -2.08. The van der Waals surface area contributed by atoms with Gasteiger partial charge in [0.05, 0.1) is 6.33 Å². The number of rotatable bonds is 4. The zero-order valence-electron chi connectivity index (χ0n) is 12.0. The number of hydrogen-bond donors (Lipinski definition) is 1. The van der Waals surface area contributed by atoms with E-state index in [2.05, 4.69) is 10.3 Å². The SMILES string of the molecule is Cc1cc(=O)n(CC(=O)NCc2ccc3c(c2)OCO3)cn1. The Balaban J connectivity index is 1.59. The van der Waals surface area contributed by atoms with Crippen molar-refractivity contribution >= 4 is 5.91 Å². The normalized spacial score (nSPS) is 12.2. The second kappa shape index (κ2) is 5.88. The van der Waals surface area contributed by atoms with Gasteiger partial charge in [-0.2, -0.15) is 0 Å². The molecule has 7 heteroatoms. The first kappa shape index (κ1) is 14.1. The highest BCUT2D eigenvalue weighted by Crippen LogP contribution is 2.32. The summed E-state index contributed by atoms with van der Waals surface area (Å²) >= 11 is 0. The maximum absolute atomic E-state index is 11.9. The lowest BCUT2D eigenvalue weighted by Crippen LogP contribution is -2.32. The largest absolute Gasteiger partial charge is 0.454 e. The summed E-state index contributed by atoms with van der Waals surface area (Å²) in [5.41, 5.74) is 1.28. The molecule has 0 fully saturated rings. The summed E-state index contributed by atoms with van der Waals surface area (Å²) in [6.45, 7) is 2.24. The molecule has 0 aliphatic carbocycles. The minimum Gasteiger partial charge on any atom is -0.454 e. The molecule has 2 aromatic rings. The van der Waals surface area contributed by atoms with Crippen LogP contribution in [-0.2, 0) is 17.9 Å². The van der Waals surface area contributed by atoms with E-state index in [0.29, 0.717) is 23.7 Å². The van der Waals surface area contributed by atoms with Crippen LogP contribution < -0.4 is 20.3 Å². The van der Waals surface area contributed by atoms with Gasteiger partial charge in [-0.25, -0.2) is 4.98 Å². The van der Waals surface area contributed by atoms with Crippen LogP contribution in [0.15, 0.2) is 35.4 Å². The van der Waals surface area contributed by atoms with Crippen LogP contribution in [0.3, 0.4) is 0 Å². The number of carbonyl (C=O) groups is 1. The molecule has 1 aromatic heterocycles. The van der Waals surface area contributed by atoms with Gasteiger partial charge in [0.1, 0.15) is 6.54 Å². The third-order valence-electron chi connectivity index (χ3n) is 3.26. The molecule has 114 valence electrons. The topological polar surface area (TPSA) is 82.5 Å². The number of amides is 1. The summed E-state index contributed by atoms with van der Waals surface area (Å²) in [6, 6.07) is 6.87. The molecule has 22 heavy (non-hydrogen) atoms. The van der Waals surface area contributed by atoms with Crippen molar-refractivity contribution in [2.45, 2.75) is 20.0 Å². The molecule has 3 rings (SSSR count). The van der Waals surface area contributed by atoms with E-state index in [-0.39, 0.29) is 24.8 Å². The molecule has 1 N–H and O–H groups in total. The van der Waals surface area contributed by atoms with Crippen LogP contribution in [0, 0.1) is 6.92 Å². The second-order valence-electron chi connectivity index (χ2n) is 4.96. The fourth-order valence-corrected chi connectivity index (χ4v) is 2.10. The molecule has 1 amide bonds. The van der Waals surface area contributed by atoms with Gasteiger partial charge >= 0.3 is 0 Å². The van der Waals surface area contributed by atoms with Crippen molar-refractivity contribution in [2.75, 3.05) is 6.79 Å². The van der Waals surface area contributed by atoms with Crippen molar-refractivity contribution in [2.24, 2.45) is 0 Å². The van der Waals surface area contributed by atoms with Gasteiger partial charge in [-0.3, -0.25) is 14.2 Å². The van der Waals surface area contributed by atoms with Gasteiger partial charge in [-0.15, -0.1) is 0 Å². The molecular weight excluding hydrogens is 286 g/mol. The van der Waals surface area contributed by atoms with E-state index in [1.54, 1.807) is 13.0 Å². The molecule has 0 spiro atoms. The summed E-state index contributed by atoms with van der Waals surface area (Å²) in [6.07, 6.45) is 1.37. The van der Waals surface area contributed by atoms with E-state index in [1.807, 2.05) is 12.1 Å². The highest BCUT2D eigenvalue weighted by Gasteiger charge is 2.13. The molecule has 0 saturated heterocycles. The van der Waals surface area contributed by atoms with E-state index in [1.165, 1.54) is 17.0 Å². The van der Waals surface area contributed by atoms with Gasteiger partial charge in [-0.1, -0.05) is 6.07 Å². The highest BCUT2D eigenvalue weighted by atomic mass is 16.7. The van der Waals surface area contributed by atoms with E-state index >= 15 is 0 Å². The zero-order valence-corrected chi connectivity index (χ0v) is 12.0. The smallest absolute Gasteiger partial charge is 0.253 e. The second-order valence-corrected chi connectivity index (χ2v) is 4.96. The molecular formula is C15H15N3O4. The van der Waals surface area contributed by atoms with E-state index in [9.17, 15) is 9.59 Å². The minimum atomic E-state index is -0.259. The molecule has 0 saturated carbocycles. The van der Waals surface area contributed by atoms with Gasteiger partial charge in [-0.05, 0) is 24.6 Å². The van der Waals surface area contributed by atoms with Gasteiger partial charge in [0, 0.05) is 18.3 Å². The van der Waals surface area contributed by atoms with Gasteiger partial charge in [0.25, 0.3) is 5.56 Å². The number of benzene rings is 1. The first-order chi connectivity index (χ1) is 10.6. The lowest BCUT2D eigenvalue weighted by atomic mass is 10.2. The van der Waals surface area contributed by atoms with Crippen molar-refractivity contribution in [1.29, 1.82) is 0 Å². The standard InChI is InChI=1S/C15H15N3O4/c1-10-4-15(20)18(8-17-10)7-14(19)16-6-11-2-3-12-13(5-11)22-9-21-12/h2-5,8H,6-7,9H2,1H3,(H,16,19). The van der Waals surface area contributed by atoms with Crippen LogP contribution in [-0.4, -0.2) is 22.3 Å². The number of hydrogen-bond acceptors (Lipinski definition) is 5. The van der Waals surface area contributed by atoms with Crippen LogP contribution in [0.5, 0.6) is 11.5 Å². The number of aryl methyl sites for hydroxylation is 1. The number of carbonyl (C=O) groups excluding carboxylic acids is 1. The molecule has 1 aromatic carbocycles. The summed E-state index contributed by atoms with van der Waals surface area (Å²) in [4.78, 5) is 27.6. The average Bonchev–Trinajstić information content (AvgIpc) is 2.95. The van der Waals surface area contributed by atoms with E-state index in [0.717, 1.165) is 5.56 Å². The fraction of sp³-hybridized carbons (Fsp3) is 0.267. The molecule has 0 radical (unpaired) electrons. The van der Waals surface area contributed by atoms with Crippen molar-refractivity contribution in [1.82, 2.24) is 14.9 Å². The molecule has 1 aliphatic heterocycles. The van der Waals surface area contributed by atoms with Crippen molar-refractivity contribution < 1.29 is 14.3 Å². The Morgan fingerprint density at radius 3 is 2.95 bits per heavy atom. The Morgan fingerprint density at radius 1 is 1.32 bits per heavy atom. The Bertz CT molecular complexity index is 770. The van der Waals surface area contributed by atoms with Crippen LogP contribution >= 0.6 is 0 Å². The Morgan fingerprint density at radius 2 is 2.14 bits per heavy atom. The van der Waals surface area contributed by atoms with E-state index < -0.39 is 0 Å². The third-order valence-corrected chi connectivity index (χ3v) is 3.26. The van der Waals surface area contributed by atoms with Gasteiger partial charge < -0.3 is 14.8 Å². The summed E-state index contributed by atoms with van der Waals surface area (Å²) < 4.78 is 11.8. The number of nitrogens with zero attached hydrogens (tertiary/aromatic N) is 2. The predicted octanol–water partition coefficient (Wildman–Crippen LogP) is 0.597. The summed E-state index contributed by atoms with van der Waals surface area (Å²) in [5.74, 6) is 1.11. The van der Waals surface area contributed by atoms with Crippen molar-refractivity contribution in [3.8, 4) is 11.5 Å². The number of aromatic nitrogens is 2. The quantitative estimate of drug-likeness (QED) is 0.894. The molecule has 0 bridgehead atoms. The lowest BCUT2D eigenvalue weighted by molar-refractivity contribution is -0.121. The summed E-state index contributed by atoms with van der Waals surface area (Å²) in [7, 11) is 0. The van der Waals surface area contributed by atoms with Gasteiger partial charge in [0.2, 0.25) is 12.7 Å². The van der Waals surface area contributed by atoms with Crippen LogP contribution in [0.25, 0.3) is 0 Å². The highest BCUT2D eigenvalue weighted by molar-refractivity contribution is 5.75. The van der Waals surface area contributed by atoms with Crippen LogP contribution in [0.1, 0.15) is 11.3 Å². The first-order valence-electron chi connectivity index (χ1n) is 6.80. The molecule has 1 aliphatic rings. The molecule has 0 atom stereocenters. The van der Waals surface area contributed by atoms with Crippen molar-refractivity contribution in [3.05, 3.63) is 52.2 Å². The number of fused-ring (bicyclic) bond motifs is 1. The number of nitrogens with one attached hydrogen (secondary N) is 1.